The molecule has 4 heteroatoms. The number of carbonyl (C=O) groups is 1. The molecule has 4 nitrogen and oxygen atoms in total. The fourth-order valence-corrected chi connectivity index (χ4v) is 4.43. The third-order valence-corrected chi connectivity index (χ3v) is 5.88. The minimum atomic E-state index is -0.223. The Labute approximate surface area is 138 Å². The molecule has 0 aliphatic carbocycles. The maximum absolute atomic E-state index is 12.4. The molecule has 1 aromatic carbocycles. The number of hydrogen-bond acceptors (Lipinski definition) is 4. The average Bonchev–Trinajstić information content (AvgIpc) is 2.86. The number of ether oxygens (including phenoxy) is 1. The van der Waals surface area contributed by atoms with Gasteiger partial charge < -0.3 is 10.1 Å². The summed E-state index contributed by atoms with van der Waals surface area (Å²) in [6.45, 7) is 4.90. The van der Waals surface area contributed by atoms with Crippen LogP contribution in [0.25, 0.3) is 0 Å². The van der Waals surface area contributed by atoms with Crippen LogP contribution in [-0.2, 0) is 9.53 Å². The minimum absolute atomic E-state index is 0.0659. The molecule has 1 aromatic rings. The maximum atomic E-state index is 12.4. The monoisotopic (exact) mass is 314 g/mol. The van der Waals surface area contributed by atoms with E-state index in [0.29, 0.717) is 18.3 Å². The summed E-state index contributed by atoms with van der Waals surface area (Å²) in [5, 5.41) is 8.52. The lowest BCUT2D eigenvalue weighted by Crippen LogP contribution is -2.51. The van der Waals surface area contributed by atoms with Crippen molar-refractivity contribution in [3.63, 3.8) is 0 Å². The third-order valence-electron chi connectivity index (χ3n) is 5.88. The normalized spacial score (nSPS) is 34.2. The smallest absolute Gasteiger partial charge is 0.323 e. The molecule has 4 atom stereocenters. The molecule has 23 heavy (non-hydrogen) atoms. The van der Waals surface area contributed by atoms with E-state index >= 15 is 0 Å². The standard InChI is InChI=1S/C19H26N2O2/c1-4-19(2)11-14-10-15(13-8-6-5-7-9-13)16(20)12-21(14)17(19)18(22)23-3/h5-9,14-15,17,20H,4,10-12H2,1-3H3. The van der Waals surface area contributed by atoms with Gasteiger partial charge in [0.05, 0.1) is 7.11 Å². The van der Waals surface area contributed by atoms with Gasteiger partial charge in [-0.3, -0.25) is 9.69 Å². The second kappa shape index (κ2) is 6.08. The van der Waals surface area contributed by atoms with Crippen LogP contribution in [0.3, 0.4) is 0 Å². The van der Waals surface area contributed by atoms with Gasteiger partial charge in [0, 0.05) is 24.2 Å². The SMILES string of the molecule is CCC1(C)CC2CC(c3ccccc3)C(=N)CN2C1C(=O)OC. The molecule has 124 valence electrons. The molecule has 0 saturated carbocycles. The molecule has 2 fully saturated rings. The zero-order chi connectivity index (χ0) is 16.6. The van der Waals surface area contributed by atoms with Gasteiger partial charge in [0.2, 0.25) is 0 Å². The summed E-state index contributed by atoms with van der Waals surface area (Å²) in [5.41, 5.74) is 1.86. The molecule has 0 bridgehead atoms. The highest BCUT2D eigenvalue weighted by Crippen LogP contribution is 2.48. The first-order chi connectivity index (χ1) is 11.0. The van der Waals surface area contributed by atoms with Gasteiger partial charge in [-0.2, -0.15) is 0 Å². The van der Waals surface area contributed by atoms with E-state index in [0.717, 1.165) is 19.3 Å². The van der Waals surface area contributed by atoms with Crippen LogP contribution < -0.4 is 0 Å². The molecule has 0 amide bonds. The molecule has 0 spiro atoms. The van der Waals surface area contributed by atoms with Gasteiger partial charge in [-0.05, 0) is 30.2 Å². The molecule has 0 radical (unpaired) electrons. The van der Waals surface area contributed by atoms with Crippen LogP contribution in [0.1, 0.15) is 44.6 Å². The molecular formula is C19H26N2O2. The quantitative estimate of drug-likeness (QED) is 0.872. The number of rotatable bonds is 3. The Morgan fingerprint density at radius 1 is 1.39 bits per heavy atom. The van der Waals surface area contributed by atoms with Crippen LogP contribution in [0.5, 0.6) is 0 Å². The Bertz CT molecular complexity index is 601. The summed E-state index contributed by atoms with van der Waals surface area (Å²) >= 11 is 0. The summed E-state index contributed by atoms with van der Waals surface area (Å²) in [5.74, 6) is 0.0257. The van der Waals surface area contributed by atoms with Crippen molar-refractivity contribution in [1.82, 2.24) is 4.90 Å². The lowest BCUT2D eigenvalue weighted by atomic mass is 9.78. The third kappa shape index (κ3) is 2.69. The molecule has 0 aromatic heterocycles. The van der Waals surface area contributed by atoms with E-state index in [1.807, 2.05) is 18.2 Å². The van der Waals surface area contributed by atoms with Crippen LogP contribution in [-0.4, -0.2) is 42.3 Å². The van der Waals surface area contributed by atoms with E-state index in [-0.39, 0.29) is 23.3 Å². The summed E-state index contributed by atoms with van der Waals surface area (Å²) in [6.07, 6.45) is 2.87. The van der Waals surface area contributed by atoms with E-state index < -0.39 is 0 Å². The van der Waals surface area contributed by atoms with Crippen LogP contribution >= 0.6 is 0 Å². The maximum Gasteiger partial charge on any atom is 0.323 e. The first-order valence-electron chi connectivity index (χ1n) is 8.46. The summed E-state index contributed by atoms with van der Waals surface area (Å²) in [4.78, 5) is 14.6. The van der Waals surface area contributed by atoms with Crippen molar-refractivity contribution in [2.75, 3.05) is 13.7 Å². The van der Waals surface area contributed by atoms with Gasteiger partial charge in [0.15, 0.2) is 0 Å². The molecular weight excluding hydrogens is 288 g/mol. The number of fused-ring (bicyclic) bond motifs is 1. The van der Waals surface area contributed by atoms with Crippen molar-refractivity contribution < 1.29 is 9.53 Å². The largest absolute Gasteiger partial charge is 0.468 e. The topological polar surface area (TPSA) is 53.4 Å². The number of methoxy groups -OCH3 is 1. The Morgan fingerprint density at radius 2 is 2.09 bits per heavy atom. The van der Waals surface area contributed by atoms with Gasteiger partial charge in [-0.1, -0.05) is 44.2 Å². The molecule has 4 unspecified atom stereocenters. The van der Waals surface area contributed by atoms with E-state index in [4.69, 9.17) is 10.1 Å². The Kier molecular flexibility index (Phi) is 4.28. The number of piperidine rings is 1. The number of nitrogens with zero attached hydrogens (tertiary/aromatic N) is 1. The lowest BCUT2D eigenvalue weighted by Gasteiger charge is -2.38. The highest BCUT2D eigenvalue weighted by Gasteiger charge is 2.54. The Morgan fingerprint density at radius 3 is 2.70 bits per heavy atom. The number of esters is 1. The molecule has 2 heterocycles. The van der Waals surface area contributed by atoms with Gasteiger partial charge >= 0.3 is 5.97 Å². The molecule has 2 aliphatic rings. The molecule has 2 aliphatic heterocycles. The number of benzene rings is 1. The van der Waals surface area contributed by atoms with E-state index in [2.05, 4.69) is 30.9 Å². The predicted octanol–water partition coefficient (Wildman–Crippen LogP) is 3.23. The Balaban J connectivity index is 1.88. The van der Waals surface area contributed by atoms with Crippen LogP contribution in [0, 0.1) is 10.8 Å². The zero-order valence-electron chi connectivity index (χ0n) is 14.2. The second-order valence-corrected chi connectivity index (χ2v) is 7.19. The number of hydrogen-bond donors (Lipinski definition) is 1. The van der Waals surface area contributed by atoms with Crippen LogP contribution in [0.2, 0.25) is 0 Å². The molecule has 2 saturated heterocycles. The Hall–Kier alpha value is -1.68. The minimum Gasteiger partial charge on any atom is -0.468 e. The fraction of sp³-hybridized carbons (Fsp3) is 0.579. The van der Waals surface area contributed by atoms with E-state index in [9.17, 15) is 4.79 Å². The van der Waals surface area contributed by atoms with E-state index in [1.165, 1.54) is 12.7 Å². The first kappa shape index (κ1) is 16.2. The molecule has 3 rings (SSSR count). The lowest BCUT2D eigenvalue weighted by molar-refractivity contribution is -0.149. The highest BCUT2D eigenvalue weighted by molar-refractivity contribution is 5.92. The van der Waals surface area contributed by atoms with Crippen molar-refractivity contribution in [2.45, 2.75) is 51.1 Å². The van der Waals surface area contributed by atoms with Gasteiger partial charge in [-0.15, -0.1) is 0 Å². The second-order valence-electron chi connectivity index (χ2n) is 7.19. The van der Waals surface area contributed by atoms with Crippen molar-refractivity contribution in [2.24, 2.45) is 5.41 Å². The van der Waals surface area contributed by atoms with Gasteiger partial charge in [0.1, 0.15) is 6.04 Å². The fourth-order valence-electron chi connectivity index (χ4n) is 4.43. The summed E-state index contributed by atoms with van der Waals surface area (Å²) in [7, 11) is 1.47. The number of carbonyl (C=O) groups excluding carboxylic acids is 1. The van der Waals surface area contributed by atoms with Crippen molar-refractivity contribution in [3.05, 3.63) is 35.9 Å². The van der Waals surface area contributed by atoms with Crippen LogP contribution in [0.4, 0.5) is 0 Å². The summed E-state index contributed by atoms with van der Waals surface area (Å²) in [6, 6.07) is 10.4. The van der Waals surface area contributed by atoms with E-state index in [1.54, 1.807) is 0 Å². The van der Waals surface area contributed by atoms with Gasteiger partial charge in [-0.25, -0.2) is 0 Å². The molecule has 1 N–H and O–H groups in total. The first-order valence-corrected chi connectivity index (χ1v) is 8.46. The van der Waals surface area contributed by atoms with Gasteiger partial charge in [0.25, 0.3) is 0 Å². The van der Waals surface area contributed by atoms with Crippen molar-refractivity contribution >= 4 is 11.7 Å². The average molecular weight is 314 g/mol. The van der Waals surface area contributed by atoms with Crippen molar-refractivity contribution in [3.8, 4) is 0 Å². The van der Waals surface area contributed by atoms with Crippen molar-refractivity contribution in [1.29, 1.82) is 5.41 Å². The summed E-state index contributed by atoms with van der Waals surface area (Å²) < 4.78 is 5.08. The van der Waals surface area contributed by atoms with Crippen LogP contribution in [0.15, 0.2) is 30.3 Å². The highest BCUT2D eigenvalue weighted by atomic mass is 16.5. The number of nitrogens with one attached hydrogen (secondary N) is 1. The predicted molar refractivity (Wildman–Crippen MR) is 90.8 cm³/mol. The zero-order valence-corrected chi connectivity index (χ0v) is 14.2.